The monoisotopic (exact) mass is 273 g/mol. The Morgan fingerprint density at radius 1 is 1.37 bits per heavy atom. The van der Waals surface area contributed by atoms with Crippen LogP contribution in [0.2, 0.25) is 0 Å². The molecule has 1 aromatic heterocycles. The van der Waals surface area contributed by atoms with Crippen LogP contribution in [0.3, 0.4) is 0 Å². The average molecular weight is 273 g/mol. The van der Waals surface area contributed by atoms with Crippen LogP contribution in [-0.2, 0) is 13.6 Å². The summed E-state index contributed by atoms with van der Waals surface area (Å²) in [5.41, 5.74) is 2.64. The number of anilines is 1. The topological polar surface area (TPSA) is 21.1 Å². The van der Waals surface area contributed by atoms with Crippen molar-refractivity contribution in [3.8, 4) is 0 Å². The molecule has 0 amide bonds. The zero-order chi connectivity index (χ0) is 13.2. The third-order valence-corrected chi connectivity index (χ3v) is 4.71. The Bertz CT molecular complexity index is 564. The van der Waals surface area contributed by atoms with E-state index in [4.69, 9.17) is 0 Å². The van der Waals surface area contributed by atoms with Gasteiger partial charge in [-0.15, -0.1) is 11.8 Å². The Hall–Kier alpha value is -1.42. The third kappa shape index (κ3) is 2.78. The lowest BCUT2D eigenvalue weighted by Gasteiger charge is -2.23. The Labute approximate surface area is 118 Å². The van der Waals surface area contributed by atoms with E-state index in [1.807, 2.05) is 29.7 Å². The summed E-state index contributed by atoms with van der Waals surface area (Å²) in [5.74, 6) is 0. The molecule has 0 fully saturated rings. The van der Waals surface area contributed by atoms with E-state index in [1.54, 1.807) is 0 Å². The predicted octanol–water partition coefficient (Wildman–Crippen LogP) is 3.31. The van der Waals surface area contributed by atoms with Crippen molar-refractivity contribution >= 4 is 17.4 Å². The van der Waals surface area contributed by atoms with E-state index in [2.05, 4.69) is 47.4 Å². The van der Waals surface area contributed by atoms with Gasteiger partial charge < -0.3 is 4.90 Å². The van der Waals surface area contributed by atoms with Gasteiger partial charge >= 0.3 is 0 Å². The van der Waals surface area contributed by atoms with Gasteiger partial charge in [0, 0.05) is 42.0 Å². The van der Waals surface area contributed by atoms with Gasteiger partial charge in [-0.2, -0.15) is 5.10 Å². The summed E-state index contributed by atoms with van der Waals surface area (Å²) < 4.78 is 1.87. The van der Waals surface area contributed by atoms with E-state index in [0.717, 1.165) is 13.1 Å². The average Bonchev–Trinajstić information content (AvgIpc) is 2.73. The summed E-state index contributed by atoms with van der Waals surface area (Å²) in [7, 11) is 1.97. The van der Waals surface area contributed by atoms with E-state index in [0.29, 0.717) is 5.25 Å². The van der Waals surface area contributed by atoms with Gasteiger partial charge in [0.15, 0.2) is 0 Å². The summed E-state index contributed by atoms with van der Waals surface area (Å²) in [6, 6.07) is 8.73. The number of hydrogen-bond donors (Lipinski definition) is 0. The smallest absolute Gasteiger partial charge is 0.0539 e. The lowest BCUT2D eigenvalue weighted by molar-refractivity contribution is 0.728. The van der Waals surface area contributed by atoms with E-state index >= 15 is 0 Å². The largest absolute Gasteiger partial charge is 0.366 e. The highest BCUT2D eigenvalue weighted by atomic mass is 32.2. The van der Waals surface area contributed by atoms with Crippen LogP contribution in [0.5, 0.6) is 0 Å². The number of aryl methyl sites for hydroxylation is 1. The molecule has 4 heteroatoms. The Morgan fingerprint density at radius 3 is 3.00 bits per heavy atom. The van der Waals surface area contributed by atoms with E-state index in [9.17, 15) is 0 Å². The fraction of sp³-hybridized carbons (Fsp3) is 0.400. The molecule has 0 spiro atoms. The second kappa shape index (κ2) is 5.29. The van der Waals surface area contributed by atoms with Crippen LogP contribution < -0.4 is 4.90 Å². The van der Waals surface area contributed by atoms with Gasteiger partial charge in [-0.05, 0) is 18.6 Å². The fourth-order valence-corrected chi connectivity index (χ4v) is 3.62. The van der Waals surface area contributed by atoms with Gasteiger partial charge in [0.1, 0.15) is 0 Å². The van der Waals surface area contributed by atoms with E-state index in [-0.39, 0.29) is 0 Å². The Morgan fingerprint density at radius 2 is 2.21 bits per heavy atom. The first-order valence-corrected chi connectivity index (χ1v) is 7.58. The standard InChI is InChI=1S/C15H19N3S/c1-12-7-8-18(11-13-9-16-17(2)10-13)14-5-3-4-6-15(14)19-12/h3-6,9-10,12H,7-8,11H2,1-2H3. The molecule has 0 aliphatic carbocycles. The second-order valence-electron chi connectivity index (χ2n) is 5.13. The van der Waals surface area contributed by atoms with E-state index in [1.165, 1.54) is 22.6 Å². The van der Waals surface area contributed by atoms with Crippen LogP contribution in [-0.4, -0.2) is 21.6 Å². The first kappa shape index (κ1) is 12.6. The van der Waals surface area contributed by atoms with Crippen molar-refractivity contribution in [3.63, 3.8) is 0 Å². The molecular weight excluding hydrogens is 254 g/mol. The maximum atomic E-state index is 4.26. The molecule has 0 N–H and O–H groups in total. The van der Waals surface area contributed by atoms with Gasteiger partial charge in [-0.1, -0.05) is 19.1 Å². The molecule has 1 aliphatic rings. The Balaban J connectivity index is 1.88. The normalized spacial score (nSPS) is 19.1. The molecule has 3 rings (SSSR count). The second-order valence-corrected chi connectivity index (χ2v) is 6.61. The van der Waals surface area contributed by atoms with Gasteiger partial charge in [0.05, 0.1) is 11.9 Å². The van der Waals surface area contributed by atoms with Crippen molar-refractivity contribution in [1.29, 1.82) is 0 Å². The Kier molecular flexibility index (Phi) is 3.51. The molecule has 0 saturated carbocycles. The summed E-state index contributed by atoms with van der Waals surface area (Å²) in [4.78, 5) is 3.87. The number of hydrogen-bond acceptors (Lipinski definition) is 3. The van der Waals surface area contributed by atoms with Crippen LogP contribution in [0.1, 0.15) is 18.9 Å². The van der Waals surface area contributed by atoms with Crippen LogP contribution in [0.25, 0.3) is 0 Å². The first-order valence-electron chi connectivity index (χ1n) is 6.70. The highest BCUT2D eigenvalue weighted by molar-refractivity contribution is 8.00. The van der Waals surface area contributed by atoms with Crippen molar-refractivity contribution in [2.24, 2.45) is 7.05 Å². The molecule has 1 aliphatic heterocycles. The SMILES string of the molecule is CC1CCN(Cc2cnn(C)c2)c2ccccc2S1. The van der Waals surface area contributed by atoms with Crippen molar-refractivity contribution in [1.82, 2.24) is 9.78 Å². The minimum Gasteiger partial charge on any atom is -0.366 e. The highest BCUT2D eigenvalue weighted by Crippen LogP contribution is 2.37. The molecule has 100 valence electrons. The quantitative estimate of drug-likeness (QED) is 0.837. The molecule has 19 heavy (non-hydrogen) atoms. The first-order chi connectivity index (χ1) is 9.22. The van der Waals surface area contributed by atoms with Gasteiger partial charge in [0.2, 0.25) is 0 Å². The van der Waals surface area contributed by atoms with Gasteiger partial charge in [-0.3, -0.25) is 4.68 Å². The number of aromatic nitrogens is 2. The molecule has 0 saturated heterocycles. The number of para-hydroxylation sites is 1. The van der Waals surface area contributed by atoms with Crippen LogP contribution in [0.15, 0.2) is 41.6 Å². The number of nitrogens with zero attached hydrogens (tertiary/aromatic N) is 3. The zero-order valence-corrected chi connectivity index (χ0v) is 12.2. The van der Waals surface area contributed by atoms with Crippen LogP contribution in [0, 0.1) is 0 Å². The maximum absolute atomic E-state index is 4.26. The van der Waals surface area contributed by atoms with Crippen molar-refractivity contribution < 1.29 is 0 Å². The highest BCUT2D eigenvalue weighted by Gasteiger charge is 2.19. The molecule has 2 aromatic rings. The molecule has 2 heterocycles. The molecule has 3 nitrogen and oxygen atoms in total. The molecule has 0 radical (unpaired) electrons. The summed E-state index contributed by atoms with van der Waals surface area (Å²) in [6.07, 6.45) is 5.29. The minimum atomic E-state index is 0.681. The van der Waals surface area contributed by atoms with Crippen molar-refractivity contribution in [3.05, 3.63) is 42.2 Å². The zero-order valence-electron chi connectivity index (χ0n) is 11.4. The number of fused-ring (bicyclic) bond motifs is 1. The maximum Gasteiger partial charge on any atom is 0.0539 e. The van der Waals surface area contributed by atoms with Crippen molar-refractivity contribution in [2.75, 3.05) is 11.4 Å². The molecule has 0 bridgehead atoms. The van der Waals surface area contributed by atoms with Gasteiger partial charge in [0.25, 0.3) is 0 Å². The van der Waals surface area contributed by atoms with Crippen LogP contribution in [0.4, 0.5) is 5.69 Å². The van der Waals surface area contributed by atoms with Crippen molar-refractivity contribution in [2.45, 2.75) is 30.0 Å². The molecule has 1 unspecified atom stereocenters. The van der Waals surface area contributed by atoms with Crippen LogP contribution >= 0.6 is 11.8 Å². The lowest BCUT2D eigenvalue weighted by Crippen LogP contribution is -2.24. The number of rotatable bonds is 2. The van der Waals surface area contributed by atoms with Gasteiger partial charge in [-0.25, -0.2) is 0 Å². The predicted molar refractivity (Wildman–Crippen MR) is 80.6 cm³/mol. The fourth-order valence-electron chi connectivity index (χ4n) is 2.49. The molecular formula is C15H19N3S. The number of thioether (sulfide) groups is 1. The summed E-state index contributed by atoms with van der Waals surface area (Å²) in [5, 5.41) is 4.94. The summed E-state index contributed by atoms with van der Waals surface area (Å²) in [6.45, 7) is 4.37. The lowest BCUT2D eigenvalue weighted by atomic mass is 10.2. The number of benzene rings is 1. The summed E-state index contributed by atoms with van der Waals surface area (Å²) >= 11 is 1.99. The minimum absolute atomic E-state index is 0.681. The molecule has 1 atom stereocenters. The molecule has 1 aromatic carbocycles. The van der Waals surface area contributed by atoms with E-state index < -0.39 is 0 Å². The third-order valence-electron chi connectivity index (χ3n) is 3.47.